The third kappa shape index (κ3) is 1.74. The summed E-state index contributed by atoms with van der Waals surface area (Å²) in [6.07, 6.45) is 11.9. The van der Waals surface area contributed by atoms with Crippen LogP contribution in [0, 0.1) is 40.4 Å². The van der Waals surface area contributed by atoms with E-state index in [2.05, 4.69) is 19.9 Å². The Kier molecular flexibility index (Phi) is 2.96. The highest BCUT2D eigenvalue weighted by Gasteiger charge is 2.67. The molecule has 1 unspecified atom stereocenters. The normalized spacial score (nSPS) is 58.0. The molecule has 4 fully saturated rings. The van der Waals surface area contributed by atoms with E-state index in [4.69, 9.17) is 0 Å². The van der Waals surface area contributed by atoms with E-state index in [-0.39, 0.29) is 16.9 Å². The minimum atomic E-state index is -0.298. The lowest BCUT2D eigenvalue weighted by molar-refractivity contribution is -0.124. The first-order chi connectivity index (χ1) is 11.3. The van der Waals surface area contributed by atoms with Crippen molar-refractivity contribution in [3.05, 3.63) is 11.6 Å². The Bertz CT molecular complexity index is 636. The molecule has 0 bridgehead atoms. The van der Waals surface area contributed by atoms with Gasteiger partial charge in [-0.1, -0.05) is 25.5 Å². The molecule has 0 spiro atoms. The number of rotatable bonds is 1. The molecule has 0 amide bonds. The van der Waals surface area contributed by atoms with Crippen molar-refractivity contribution in [1.29, 1.82) is 0 Å². The number of aliphatic hydroxyl groups is 1. The van der Waals surface area contributed by atoms with Gasteiger partial charge in [-0.25, -0.2) is 0 Å². The van der Waals surface area contributed by atoms with Crippen molar-refractivity contribution in [2.45, 2.75) is 77.7 Å². The first-order valence-electron chi connectivity index (χ1n) is 10.2. The van der Waals surface area contributed by atoms with Gasteiger partial charge >= 0.3 is 0 Å². The molecule has 0 heterocycles. The van der Waals surface area contributed by atoms with Gasteiger partial charge in [0, 0.05) is 5.92 Å². The Morgan fingerprint density at radius 1 is 1.08 bits per heavy atom. The maximum absolute atomic E-state index is 12.2. The smallest absolute Gasteiger partial charge is 0.133 e. The van der Waals surface area contributed by atoms with Crippen molar-refractivity contribution < 1.29 is 9.90 Å². The standard InChI is InChI=1S/C22H32O2/c1-13(23)15-6-7-16-14-4-5-18-19-12-22(19,24)11-10-21(18,3)17(14)8-9-20(15,16)2/h8,14-16,18-19,24H,4-7,9-12H2,1-3H3/t14-,15+,16-,18-,19?,20+,21+,22-/m0/s1. The van der Waals surface area contributed by atoms with E-state index in [1.807, 2.05) is 6.92 Å². The van der Waals surface area contributed by atoms with E-state index in [9.17, 15) is 9.90 Å². The molecule has 2 nitrogen and oxygen atoms in total. The summed E-state index contributed by atoms with van der Waals surface area (Å²) >= 11 is 0. The molecule has 0 aromatic carbocycles. The van der Waals surface area contributed by atoms with E-state index >= 15 is 0 Å². The minimum Gasteiger partial charge on any atom is -0.390 e. The molecule has 8 atom stereocenters. The monoisotopic (exact) mass is 328 g/mol. The van der Waals surface area contributed by atoms with E-state index in [1.165, 1.54) is 25.7 Å². The fourth-order valence-electron chi connectivity index (χ4n) is 8.07. The van der Waals surface area contributed by atoms with Gasteiger partial charge < -0.3 is 5.11 Å². The van der Waals surface area contributed by atoms with Crippen molar-refractivity contribution >= 4 is 5.78 Å². The second-order valence-electron chi connectivity index (χ2n) is 10.3. The van der Waals surface area contributed by atoms with Crippen molar-refractivity contribution in [3.63, 3.8) is 0 Å². The molecule has 4 saturated carbocycles. The van der Waals surface area contributed by atoms with Gasteiger partial charge in [0.2, 0.25) is 0 Å². The van der Waals surface area contributed by atoms with Gasteiger partial charge in [-0.3, -0.25) is 4.79 Å². The second kappa shape index (κ2) is 4.55. The number of carbonyl (C=O) groups excluding carboxylic acids is 1. The zero-order chi connectivity index (χ0) is 16.9. The number of hydrogen-bond donors (Lipinski definition) is 1. The summed E-state index contributed by atoms with van der Waals surface area (Å²) < 4.78 is 0. The lowest BCUT2D eigenvalue weighted by atomic mass is 9.48. The van der Waals surface area contributed by atoms with E-state index in [1.54, 1.807) is 5.57 Å². The molecule has 24 heavy (non-hydrogen) atoms. The van der Waals surface area contributed by atoms with Crippen LogP contribution in [-0.2, 0) is 4.79 Å². The van der Waals surface area contributed by atoms with Crippen molar-refractivity contribution in [2.24, 2.45) is 40.4 Å². The lowest BCUT2D eigenvalue weighted by Gasteiger charge is -2.56. The largest absolute Gasteiger partial charge is 0.390 e. The summed E-state index contributed by atoms with van der Waals surface area (Å²) in [7, 11) is 0. The number of fused-ring (bicyclic) bond motifs is 7. The number of Topliss-reactive ketones (excluding diaryl/α,β-unsaturated/α-hetero) is 1. The molecule has 5 aliphatic rings. The molecule has 5 rings (SSSR count). The van der Waals surface area contributed by atoms with Crippen molar-refractivity contribution in [3.8, 4) is 0 Å². The molecule has 5 aliphatic carbocycles. The Labute approximate surface area is 146 Å². The van der Waals surface area contributed by atoms with Crippen LogP contribution in [0.5, 0.6) is 0 Å². The van der Waals surface area contributed by atoms with Crippen LogP contribution in [0.3, 0.4) is 0 Å². The van der Waals surface area contributed by atoms with Gasteiger partial charge in [-0.15, -0.1) is 0 Å². The third-order valence-corrected chi connectivity index (χ3v) is 9.48. The molecule has 0 saturated heterocycles. The molecule has 0 aromatic heterocycles. The predicted octanol–water partition coefficient (Wildman–Crippen LogP) is 4.52. The van der Waals surface area contributed by atoms with Crippen LogP contribution in [0.2, 0.25) is 0 Å². The quantitative estimate of drug-likeness (QED) is 0.719. The average molecular weight is 328 g/mol. The third-order valence-electron chi connectivity index (χ3n) is 9.48. The van der Waals surface area contributed by atoms with Crippen LogP contribution in [0.25, 0.3) is 0 Å². The predicted molar refractivity (Wildman–Crippen MR) is 94.3 cm³/mol. The molecular weight excluding hydrogens is 296 g/mol. The molecule has 0 radical (unpaired) electrons. The maximum atomic E-state index is 12.2. The molecule has 132 valence electrons. The highest BCUT2D eigenvalue weighted by molar-refractivity contribution is 5.79. The van der Waals surface area contributed by atoms with Gasteiger partial charge in [0.25, 0.3) is 0 Å². The number of allylic oxidation sites excluding steroid dienone is 2. The summed E-state index contributed by atoms with van der Waals surface area (Å²) in [5.41, 5.74) is 1.97. The Morgan fingerprint density at radius 2 is 1.83 bits per heavy atom. The van der Waals surface area contributed by atoms with E-state index in [0.29, 0.717) is 34.9 Å². The van der Waals surface area contributed by atoms with Crippen LogP contribution in [0.1, 0.15) is 72.1 Å². The van der Waals surface area contributed by atoms with Crippen LogP contribution in [0.15, 0.2) is 11.6 Å². The van der Waals surface area contributed by atoms with Gasteiger partial charge in [-0.2, -0.15) is 0 Å². The Morgan fingerprint density at radius 3 is 2.58 bits per heavy atom. The fraction of sp³-hybridized carbons (Fsp3) is 0.864. The van der Waals surface area contributed by atoms with Crippen LogP contribution >= 0.6 is 0 Å². The second-order valence-corrected chi connectivity index (χ2v) is 10.3. The molecule has 2 heteroatoms. The summed E-state index contributed by atoms with van der Waals surface area (Å²) in [6.45, 7) is 6.72. The average Bonchev–Trinajstić information content (AvgIpc) is 3.07. The van der Waals surface area contributed by atoms with E-state index < -0.39 is 0 Å². The summed E-state index contributed by atoms with van der Waals surface area (Å²) in [5.74, 6) is 3.39. The fourth-order valence-corrected chi connectivity index (χ4v) is 8.07. The molecular formula is C22H32O2. The minimum absolute atomic E-state index is 0.207. The van der Waals surface area contributed by atoms with Gasteiger partial charge in [0.1, 0.15) is 5.78 Å². The summed E-state index contributed by atoms with van der Waals surface area (Å²) in [6, 6.07) is 0. The Balaban J connectivity index is 1.51. The SMILES string of the molecule is CC(=O)[C@H]1CC[C@H]2[C@@H]3CC[C@H]4C5C[C@@]5(O)CC[C@]4(C)C3=CC[C@]12C. The molecule has 0 aromatic rings. The Hall–Kier alpha value is -0.630. The van der Waals surface area contributed by atoms with Crippen molar-refractivity contribution in [2.75, 3.05) is 0 Å². The van der Waals surface area contributed by atoms with Gasteiger partial charge in [0.05, 0.1) is 5.60 Å². The number of hydrogen-bond acceptors (Lipinski definition) is 2. The molecule has 1 N–H and O–H groups in total. The van der Waals surface area contributed by atoms with Gasteiger partial charge in [0.15, 0.2) is 0 Å². The summed E-state index contributed by atoms with van der Waals surface area (Å²) in [5, 5.41) is 10.6. The highest BCUT2D eigenvalue weighted by Crippen LogP contribution is 2.71. The van der Waals surface area contributed by atoms with Crippen LogP contribution in [-0.4, -0.2) is 16.5 Å². The maximum Gasteiger partial charge on any atom is 0.133 e. The lowest BCUT2D eigenvalue weighted by Crippen LogP contribution is -2.49. The van der Waals surface area contributed by atoms with Gasteiger partial charge in [-0.05, 0) is 92.8 Å². The highest BCUT2D eigenvalue weighted by atomic mass is 16.3. The van der Waals surface area contributed by atoms with E-state index in [0.717, 1.165) is 25.7 Å². The number of carbonyl (C=O) groups is 1. The first-order valence-corrected chi connectivity index (χ1v) is 10.2. The van der Waals surface area contributed by atoms with Crippen molar-refractivity contribution in [1.82, 2.24) is 0 Å². The van der Waals surface area contributed by atoms with Crippen LogP contribution < -0.4 is 0 Å². The topological polar surface area (TPSA) is 37.3 Å². The summed E-state index contributed by atoms with van der Waals surface area (Å²) in [4.78, 5) is 12.2. The van der Waals surface area contributed by atoms with Crippen LogP contribution in [0.4, 0.5) is 0 Å². The molecule has 0 aliphatic heterocycles. The zero-order valence-corrected chi connectivity index (χ0v) is 15.5. The zero-order valence-electron chi connectivity index (χ0n) is 15.5. The number of ketones is 1. The first kappa shape index (κ1) is 15.6.